The molecule has 25 heavy (non-hydrogen) atoms. The van der Waals surface area contributed by atoms with Crippen LogP contribution in [0.5, 0.6) is 11.5 Å². The van der Waals surface area contributed by atoms with Crippen molar-refractivity contribution in [3.05, 3.63) is 58.1 Å². The minimum atomic E-state index is 0.104. The Morgan fingerprint density at radius 1 is 1.04 bits per heavy atom. The second-order valence-electron chi connectivity index (χ2n) is 6.58. The number of rotatable bonds is 9. The molecule has 2 aromatic carbocycles. The Bertz CT molecular complexity index is 658. The second-order valence-corrected chi connectivity index (χ2v) is 7.44. The van der Waals surface area contributed by atoms with E-state index < -0.39 is 0 Å². The van der Waals surface area contributed by atoms with Crippen LogP contribution in [0.3, 0.4) is 0 Å². The minimum Gasteiger partial charge on any atom is -0.493 e. The third kappa shape index (κ3) is 6.37. The van der Waals surface area contributed by atoms with Gasteiger partial charge in [0.1, 0.15) is 0 Å². The minimum absolute atomic E-state index is 0.104. The van der Waals surface area contributed by atoms with Gasteiger partial charge in [0.25, 0.3) is 0 Å². The van der Waals surface area contributed by atoms with Crippen molar-refractivity contribution >= 4 is 15.9 Å². The molecule has 0 spiro atoms. The van der Waals surface area contributed by atoms with Crippen molar-refractivity contribution in [2.75, 3.05) is 7.11 Å². The number of benzene rings is 2. The van der Waals surface area contributed by atoms with Gasteiger partial charge in [0, 0.05) is 12.6 Å². The highest BCUT2D eigenvalue weighted by Crippen LogP contribution is 2.37. The van der Waals surface area contributed by atoms with E-state index in [0.717, 1.165) is 35.4 Å². The first kappa shape index (κ1) is 19.8. The molecule has 0 saturated heterocycles. The summed E-state index contributed by atoms with van der Waals surface area (Å²) in [6.45, 7) is 7.05. The molecule has 0 aromatic heterocycles. The molecule has 136 valence electrons. The van der Waals surface area contributed by atoms with E-state index in [9.17, 15) is 0 Å². The zero-order valence-electron chi connectivity index (χ0n) is 15.5. The number of hydrogen-bond acceptors (Lipinski definition) is 3. The Balaban J connectivity index is 1.92. The predicted octanol–water partition coefficient (Wildman–Crippen LogP) is 5.36. The van der Waals surface area contributed by atoms with E-state index in [2.05, 4.69) is 64.6 Å². The molecular weight excluding hydrogens is 378 g/mol. The topological polar surface area (TPSA) is 30.5 Å². The van der Waals surface area contributed by atoms with Crippen LogP contribution < -0.4 is 14.8 Å². The van der Waals surface area contributed by atoms with Crippen molar-refractivity contribution in [2.24, 2.45) is 0 Å². The largest absolute Gasteiger partial charge is 0.493 e. The molecule has 1 atom stereocenters. The van der Waals surface area contributed by atoms with Gasteiger partial charge in [-0.15, -0.1) is 0 Å². The number of nitrogens with one attached hydrogen (secondary N) is 1. The Labute approximate surface area is 159 Å². The summed E-state index contributed by atoms with van der Waals surface area (Å²) in [5, 5.41) is 3.59. The summed E-state index contributed by atoms with van der Waals surface area (Å²) >= 11 is 3.60. The molecule has 0 radical (unpaired) electrons. The van der Waals surface area contributed by atoms with Crippen LogP contribution in [0, 0.1) is 0 Å². The second kappa shape index (κ2) is 9.83. The van der Waals surface area contributed by atoms with Gasteiger partial charge in [-0.25, -0.2) is 0 Å². The van der Waals surface area contributed by atoms with Crippen LogP contribution >= 0.6 is 15.9 Å². The molecule has 4 heteroatoms. The van der Waals surface area contributed by atoms with E-state index in [1.807, 2.05) is 19.9 Å². The fourth-order valence-electron chi connectivity index (χ4n) is 2.65. The lowest BCUT2D eigenvalue weighted by Gasteiger charge is -2.18. The van der Waals surface area contributed by atoms with E-state index in [4.69, 9.17) is 9.47 Å². The molecule has 1 unspecified atom stereocenters. The number of aryl methyl sites for hydroxylation is 1. The number of hydrogen-bond donors (Lipinski definition) is 1. The molecule has 2 rings (SSSR count). The molecular formula is C21H28BrNO2. The van der Waals surface area contributed by atoms with Crippen LogP contribution in [0.4, 0.5) is 0 Å². The fourth-order valence-corrected chi connectivity index (χ4v) is 3.23. The van der Waals surface area contributed by atoms with Crippen LogP contribution in [0.2, 0.25) is 0 Å². The van der Waals surface area contributed by atoms with Crippen molar-refractivity contribution in [1.82, 2.24) is 5.32 Å². The zero-order chi connectivity index (χ0) is 18.2. The quantitative estimate of drug-likeness (QED) is 0.609. The maximum Gasteiger partial charge on any atom is 0.175 e. The van der Waals surface area contributed by atoms with Crippen molar-refractivity contribution in [1.29, 1.82) is 0 Å². The maximum absolute atomic E-state index is 5.84. The lowest BCUT2D eigenvalue weighted by Crippen LogP contribution is -2.26. The van der Waals surface area contributed by atoms with E-state index in [-0.39, 0.29) is 6.10 Å². The molecule has 0 fully saturated rings. The molecule has 0 aliphatic carbocycles. The lowest BCUT2D eigenvalue weighted by atomic mass is 10.1. The summed E-state index contributed by atoms with van der Waals surface area (Å²) in [6, 6.07) is 15.2. The monoisotopic (exact) mass is 405 g/mol. The molecule has 1 N–H and O–H groups in total. The molecule has 3 nitrogen and oxygen atoms in total. The molecule has 0 aliphatic rings. The van der Waals surface area contributed by atoms with Gasteiger partial charge in [-0.3, -0.25) is 0 Å². The van der Waals surface area contributed by atoms with E-state index in [1.165, 1.54) is 11.1 Å². The average molecular weight is 406 g/mol. The zero-order valence-corrected chi connectivity index (χ0v) is 17.1. The summed E-state index contributed by atoms with van der Waals surface area (Å²) in [7, 11) is 1.68. The van der Waals surface area contributed by atoms with Crippen LogP contribution in [0.15, 0.2) is 46.9 Å². The molecule has 0 bridgehead atoms. The first-order chi connectivity index (χ1) is 12.0. The summed E-state index contributed by atoms with van der Waals surface area (Å²) in [5.74, 6) is 1.52. The van der Waals surface area contributed by atoms with Crippen LogP contribution in [0.1, 0.15) is 38.3 Å². The fraction of sp³-hybridized carbons (Fsp3) is 0.429. The van der Waals surface area contributed by atoms with Gasteiger partial charge in [0.15, 0.2) is 11.5 Å². The SMILES string of the molecule is COc1cc(CNC(C)CCc2ccccc2)cc(Br)c1OC(C)C. The molecule has 0 aliphatic heterocycles. The molecule has 2 aromatic rings. The normalized spacial score (nSPS) is 12.2. The third-order valence-corrected chi connectivity index (χ3v) is 4.60. The molecule has 0 heterocycles. The number of ether oxygens (including phenoxy) is 2. The van der Waals surface area contributed by atoms with Gasteiger partial charge in [0.05, 0.1) is 17.7 Å². The summed E-state index contributed by atoms with van der Waals surface area (Å²) < 4.78 is 12.3. The maximum atomic E-state index is 5.84. The highest BCUT2D eigenvalue weighted by Gasteiger charge is 2.13. The highest BCUT2D eigenvalue weighted by atomic mass is 79.9. The predicted molar refractivity (Wildman–Crippen MR) is 108 cm³/mol. The number of halogens is 1. The van der Waals surface area contributed by atoms with Crippen LogP contribution in [-0.4, -0.2) is 19.3 Å². The first-order valence-corrected chi connectivity index (χ1v) is 9.59. The van der Waals surface area contributed by atoms with Gasteiger partial charge < -0.3 is 14.8 Å². The van der Waals surface area contributed by atoms with Gasteiger partial charge in [-0.2, -0.15) is 0 Å². The van der Waals surface area contributed by atoms with Crippen molar-refractivity contribution in [3.63, 3.8) is 0 Å². The first-order valence-electron chi connectivity index (χ1n) is 8.80. The number of methoxy groups -OCH3 is 1. The van der Waals surface area contributed by atoms with E-state index in [0.29, 0.717) is 6.04 Å². The Morgan fingerprint density at radius 2 is 1.76 bits per heavy atom. The van der Waals surface area contributed by atoms with Gasteiger partial charge in [-0.05, 0) is 72.8 Å². The Hall–Kier alpha value is -1.52. The van der Waals surface area contributed by atoms with Crippen molar-refractivity contribution in [3.8, 4) is 11.5 Å². The average Bonchev–Trinajstić information content (AvgIpc) is 2.60. The summed E-state index contributed by atoms with van der Waals surface area (Å²) in [5.41, 5.74) is 2.56. The van der Waals surface area contributed by atoms with E-state index in [1.54, 1.807) is 7.11 Å². The van der Waals surface area contributed by atoms with Crippen LogP contribution in [-0.2, 0) is 13.0 Å². The summed E-state index contributed by atoms with van der Waals surface area (Å²) in [4.78, 5) is 0. The van der Waals surface area contributed by atoms with Crippen molar-refractivity contribution < 1.29 is 9.47 Å². The van der Waals surface area contributed by atoms with Gasteiger partial charge >= 0.3 is 0 Å². The Kier molecular flexibility index (Phi) is 7.79. The van der Waals surface area contributed by atoms with Gasteiger partial charge in [0.2, 0.25) is 0 Å². The lowest BCUT2D eigenvalue weighted by molar-refractivity contribution is 0.228. The van der Waals surface area contributed by atoms with Gasteiger partial charge in [-0.1, -0.05) is 30.3 Å². The standard InChI is InChI=1S/C21H28BrNO2/c1-15(2)25-21-19(22)12-18(13-20(21)24-4)14-23-16(3)10-11-17-8-6-5-7-9-17/h5-9,12-13,15-16,23H,10-11,14H2,1-4H3. The smallest absolute Gasteiger partial charge is 0.175 e. The highest BCUT2D eigenvalue weighted by molar-refractivity contribution is 9.10. The Morgan fingerprint density at radius 3 is 2.40 bits per heavy atom. The van der Waals surface area contributed by atoms with Crippen molar-refractivity contribution in [2.45, 2.75) is 52.3 Å². The molecule has 0 amide bonds. The summed E-state index contributed by atoms with van der Waals surface area (Å²) in [6.07, 6.45) is 2.30. The van der Waals surface area contributed by atoms with E-state index >= 15 is 0 Å². The van der Waals surface area contributed by atoms with Crippen LogP contribution in [0.25, 0.3) is 0 Å². The molecule has 0 saturated carbocycles. The third-order valence-electron chi connectivity index (χ3n) is 4.01.